The third kappa shape index (κ3) is 2.62. The highest BCUT2D eigenvalue weighted by Gasteiger charge is 1.96. The van der Waals surface area contributed by atoms with E-state index in [2.05, 4.69) is 39.0 Å². The second kappa shape index (κ2) is 5.01. The van der Waals surface area contributed by atoms with Gasteiger partial charge in [0.2, 0.25) is 0 Å². The van der Waals surface area contributed by atoms with Gasteiger partial charge >= 0.3 is 0 Å². The van der Waals surface area contributed by atoms with Crippen LogP contribution < -0.4 is 10.4 Å². The highest BCUT2D eigenvalue weighted by molar-refractivity contribution is 5.46. The maximum Gasteiger partial charge on any atom is 0.100 e. The van der Waals surface area contributed by atoms with Crippen LogP contribution in [-0.2, 0) is 4.74 Å². The summed E-state index contributed by atoms with van der Waals surface area (Å²) in [5.74, 6) is 0.984. The lowest BCUT2D eigenvalue weighted by Crippen LogP contribution is -2.29. The van der Waals surface area contributed by atoms with Gasteiger partial charge in [-0.15, -0.1) is 0 Å². The van der Waals surface area contributed by atoms with E-state index >= 15 is 0 Å². The summed E-state index contributed by atoms with van der Waals surface area (Å²) in [5, 5.41) is 2.53. The molecular formula is C14H20O. The molecule has 0 aliphatic heterocycles. The normalized spacial score (nSPS) is 14.7. The van der Waals surface area contributed by atoms with Gasteiger partial charge in [0.1, 0.15) is 5.76 Å². The third-order valence-corrected chi connectivity index (χ3v) is 2.85. The molecule has 1 nitrogen and oxygen atoms in total. The first-order valence-corrected chi connectivity index (χ1v) is 5.41. The summed E-state index contributed by atoms with van der Waals surface area (Å²) in [6, 6.07) is 6.50. The standard InChI is InChI=1S/C14H20O/c1-6-11(3)14-9-10(2)7-8-13(14)12(4)15-5/h7-9H,6H2,1-5H3/b13-12-,14-11-. The molecule has 0 radical (unpaired) electrons. The molecule has 82 valence electrons. The van der Waals surface area contributed by atoms with E-state index in [4.69, 9.17) is 4.74 Å². The van der Waals surface area contributed by atoms with Crippen molar-refractivity contribution in [2.24, 2.45) is 0 Å². The SMILES string of the molecule is CC/C(C)=c1/cc(C)cc/c1=C(\C)OC. The molecule has 0 spiro atoms. The smallest absolute Gasteiger partial charge is 0.100 e. The fourth-order valence-electron chi connectivity index (χ4n) is 1.62. The van der Waals surface area contributed by atoms with Crippen molar-refractivity contribution < 1.29 is 4.74 Å². The van der Waals surface area contributed by atoms with E-state index in [9.17, 15) is 0 Å². The first kappa shape index (κ1) is 11.8. The van der Waals surface area contributed by atoms with Crippen LogP contribution >= 0.6 is 0 Å². The van der Waals surface area contributed by atoms with Crippen molar-refractivity contribution in [2.75, 3.05) is 7.11 Å². The molecule has 0 aromatic heterocycles. The Morgan fingerprint density at radius 2 is 1.87 bits per heavy atom. The van der Waals surface area contributed by atoms with Gasteiger partial charge in [0.15, 0.2) is 0 Å². The summed E-state index contributed by atoms with van der Waals surface area (Å²) in [5.41, 5.74) is 2.70. The van der Waals surface area contributed by atoms with Crippen molar-refractivity contribution in [3.63, 3.8) is 0 Å². The van der Waals surface area contributed by atoms with E-state index in [1.807, 2.05) is 6.92 Å². The average Bonchev–Trinajstić information content (AvgIpc) is 2.26. The second-order valence-electron chi connectivity index (χ2n) is 3.94. The summed E-state index contributed by atoms with van der Waals surface area (Å²) in [4.78, 5) is 0. The van der Waals surface area contributed by atoms with Crippen LogP contribution in [-0.4, -0.2) is 7.11 Å². The lowest BCUT2D eigenvalue weighted by molar-refractivity contribution is 0.360. The summed E-state index contributed by atoms with van der Waals surface area (Å²) in [6.07, 6.45) is 1.08. The van der Waals surface area contributed by atoms with Crippen LogP contribution in [0.4, 0.5) is 0 Å². The molecule has 0 bridgehead atoms. The van der Waals surface area contributed by atoms with E-state index in [0.29, 0.717) is 0 Å². The second-order valence-corrected chi connectivity index (χ2v) is 3.94. The summed E-state index contributed by atoms with van der Waals surface area (Å²) in [6.45, 7) is 8.50. The number of aryl methyl sites for hydroxylation is 1. The van der Waals surface area contributed by atoms with E-state index in [0.717, 1.165) is 12.2 Å². The van der Waals surface area contributed by atoms with Crippen LogP contribution in [0.2, 0.25) is 0 Å². The molecule has 0 atom stereocenters. The van der Waals surface area contributed by atoms with Crippen molar-refractivity contribution >= 4 is 11.3 Å². The monoisotopic (exact) mass is 204 g/mol. The summed E-state index contributed by atoms with van der Waals surface area (Å²) in [7, 11) is 1.72. The van der Waals surface area contributed by atoms with Crippen LogP contribution in [0, 0.1) is 6.92 Å². The van der Waals surface area contributed by atoms with E-state index in [-0.39, 0.29) is 0 Å². The van der Waals surface area contributed by atoms with Crippen LogP contribution in [0.3, 0.4) is 0 Å². The van der Waals surface area contributed by atoms with Gasteiger partial charge in [-0.1, -0.05) is 36.3 Å². The minimum absolute atomic E-state index is 0.984. The van der Waals surface area contributed by atoms with Gasteiger partial charge in [-0.3, -0.25) is 0 Å². The van der Waals surface area contributed by atoms with Crippen LogP contribution in [0.25, 0.3) is 11.3 Å². The Balaban J connectivity index is 3.70. The molecule has 0 N–H and O–H groups in total. The first-order chi connectivity index (χ1) is 7.10. The van der Waals surface area contributed by atoms with Gasteiger partial charge in [-0.25, -0.2) is 0 Å². The molecule has 0 amide bonds. The van der Waals surface area contributed by atoms with E-state index in [1.165, 1.54) is 21.6 Å². The fourth-order valence-corrected chi connectivity index (χ4v) is 1.62. The van der Waals surface area contributed by atoms with Gasteiger partial charge in [0.05, 0.1) is 7.11 Å². The maximum atomic E-state index is 5.31. The number of hydrogen-bond donors (Lipinski definition) is 0. The number of methoxy groups -OCH3 is 1. The highest BCUT2D eigenvalue weighted by Crippen LogP contribution is 1.98. The van der Waals surface area contributed by atoms with Crippen LogP contribution in [0.1, 0.15) is 32.8 Å². The minimum Gasteiger partial charge on any atom is -0.501 e. The Hall–Kier alpha value is -1.24. The van der Waals surface area contributed by atoms with Crippen molar-refractivity contribution in [3.05, 3.63) is 34.2 Å². The summed E-state index contributed by atoms with van der Waals surface area (Å²) >= 11 is 0. The number of hydrogen-bond acceptors (Lipinski definition) is 1. The van der Waals surface area contributed by atoms with Crippen molar-refractivity contribution in [3.8, 4) is 0 Å². The third-order valence-electron chi connectivity index (χ3n) is 2.85. The molecule has 0 heterocycles. The van der Waals surface area contributed by atoms with Gasteiger partial charge in [0, 0.05) is 5.22 Å². The maximum absolute atomic E-state index is 5.31. The largest absolute Gasteiger partial charge is 0.501 e. The zero-order valence-corrected chi connectivity index (χ0v) is 10.3. The molecule has 0 aliphatic carbocycles. The van der Waals surface area contributed by atoms with E-state index in [1.54, 1.807) is 7.11 Å². The van der Waals surface area contributed by atoms with Crippen LogP contribution in [0.15, 0.2) is 18.2 Å². The topological polar surface area (TPSA) is 9.23 Å². The molecule has 1 aromatic rings. The van der Waals surface area contributed by atoms with E-state index < -0.39 is 0 Å². The molecule has 1 rings (SSSR count). The van der Waals surface area contributed by atoms with Crippen molar-refractivity contribution in [2.45, 2.75) is 34.1 Å². The van der Waals surface area contributed by atoms with Crippen LogP contribution in [0.5, 0.6) is 0 Å². The first-order valence-electron chi connectivity index (χ1n) is 5.41. The molecule has 15 heavy (non-hydrogen) atoms. The highest BCUT2D eigenvalue weighted by atomic mass is 16.5. The fraction of sp³-hybridized carbons (Fsp3) is 0.429. The predicted octanol–water partition coefficient (Wildman–Crippen LogP) is 2.35. The van der Waals surface area contributed by atoms with Gasteiger partial charge in [0.25, 0.3) is 0 Å². The zero-order chi connectivity index (χ0) is 11.4. The van der Waals surface area contributed by atoms with Gasteiger partial charge in [-0.05, 0) is 32.4 Å². The number of rotatable bonds is 2. The molecule has 0 saturated carbocycles. The number of ether oxygens (including phenoxy) is 1. The molecular weight excluding hydrogens is 184 g/mol. The van der Waals surface area contributed by atoms with Gasteiger partial charge < -0.3 is 4.74 Å². The molecule has 0 unspecified atom stereocenters. The average molecular weight is 204 g/mol. The molecule has 0 fully saturated rings. The zero-order valence-electron chi connectivity index (χ0n) is 10.3. The Bertz CT molecular complexity index is 455. The quantitative estimate of drug-likeness (QED) is 0.718. The molecule has 0 saturated heterocycles. The lowest BCUT2D eigenvalue weighted by atomic mass is 10.1. The van der Waals surface area contributed by atoms with Crippen molar-refractivity contribution in [1.29, 1.82) is 0 Å². The molecule has 1 aromatic carbocycles. The Kier molecular flexibility index (Phi) is 3.96. The Labute approximate surface area is 92.1 Å². The predicted molar refractivity (Wildman–Crippen MR) is 65.9 cm³/mol. The molecule has 1 heteroatoms. The van der Waals surface area contributed by atoms with Gasteiger partial charge in [-0.2, -0.15) is 0 Å². The Morgan fingerprint density at radius 3 is 2.40 bits per heavy atom. The number of benzene rings is 1. The lowest BCUT2D eigenvalue weighted by Gasteiger charge is -2.03. The molecule has 0 aliphatic rings. The Morgan fingerprint density at radius 1 is 1.20 bits per heavy atom. The minimum atomic E-state index is 0.984. The van der Waals surface area contributed by atoms with Crippen molar-refractivity contribution in [1.82, 2.24) is 0 Å². The summed E-state index contributed by atoms with van der Waals surface area (Å²) < 4.78 is 5.31.